The highest BCUT2D eigenvalue weighted by Crippen LogP contribution is 2.27. The van der Waals surface area contributed by atoms with Gasteiger partial charge in [-0.25, -0.2) is 0 Å². The number of nitrogens with zero attached hydrogens (tertiary/aromatic N) is 2. The maximum absolute atomic E-state index is 12.8. The molecule has 0 saturated carbocycles. The molecule has 2 heterocycles. The first kappa shape index (κ1) is 18.9. The highest BCUT2D eigenvalue weighted by atomic mass is 35.5. The normalized spacial score (nSPS) is 17.2. The van der Waals surface area contributed by atoms with Crippen LogP contribution in [0.25, 0.3) is 0 Å². The van der Waals surface area contributed by atoms with Crippen molar-refractivity contribution in [3.63, 3.8) is 0 Å². The highest BCUT2D eigenvalue weighted by molar-refractivity contribution is 6.30. The van der Waals surface area contributed by atoms with Crippen molar-refractivity contribution in [1.82, 2.24) is 20.4 Å². The fourth-order valence-corrected chi connectivity index (χ4v) is 4.10. The van der Waals surface area contributed by atoms with Crippen molar-refractivity contribution in [2.45, 2.75) is 45.6 Å². The molecule has 2 atom stereocenters. The summed E-state index contributed by atoms with van der Waals surface area (Å²) < 4.78 is 0. The number of aromatic amines is 1. The number of rotatable bonds is 6. The Balaban J connectivity index is 1.72. The number of benzene rings is 1. The molecule has 1 aliphatic rings. The van der Waals surface area contributed by atoms with E-state index in [1.165, 1.54) is 12.8 Å². The fraction of sp³-hybridized carbons (Fsp3) is 0.500. The van der Waals surface area contributed by atoms with Crippen LogP contribution in [0.15, 0.2) is 24.3 Å². The van der Waals surface area contributed by atoms with Gasteiger partial charge in [-0.15, -0.1) is 0 Å². The largest absolute Gasteiger partial charge is 0.354 e. The molecule has 0 aliphatic carbocycles. The standard InChI is InChI=1S/C20H27ClN4O/c1-13(19-14(2)23-24-15(19)3)20(26)22-12-18(25-9-4-5-10-25)16-7-6-8-17(21)11-16/h6-8,11,13,18H,4-5,9-10,12H2,1-3H3,(H,22,26)(H,23,24)/t13-,18+/m0/s1. The van der Waals surface area contributed by atoms with Crippen molar-refractivity contribution in [3.8, 4) is 0 Å². The zero-order valence-electron chi connectivity index (χ0n) is 15.7. The molecule has 140 valence electrons. The number of halogens is 1. The Kier molecular flexibility index (Phi) is 5.99. The minimum Gasteiger partial charge on any atom is -0.354 e. The summed E-state index contributed by atoms with van der Waals surface area (Å²) in [6.45, 7) is 8.52. The van der Waals surface area contributed by atoms with Gasteiger partial charge in [-0.1, -0.05) is 23.7 Å². The van der Waals surface area contributed by atoms with E-state index < -0.39 is 0 Å². The molecule has 2 aromatic rings. The third-order valence-corrected chi connectivity index (χ3v) is 5.53. The van der Waals surface area contributed by atoms with Crippen molar-refractivity contribution in [1.29, 1.82) is 0 Å². The van der Waals surface area contributed by atoms with Gasteiger partial charge in [0.05, 0.1) is 17.7 Å². The molecule has 26 heavy (non-hydrogen) atoms. The van der Waals surface area contributed by atoms with E-state index in [2.05, 4.69) is 26.5 Å². The van der Waals surface area contributed by atoms with Crippen molar-refractivity contribution in [2.75, 3.05) is 19.6 Å². The van der Waals surface area contributed by atoms with E-state index in [0.29, 0.717) is 6.54 Å². The first-order chi connectivity index (χ1) is 12.5. The lowest BCUT2D eigenvalue weighted by molar-refractivity contribution is -0.122. The minimum atomic E-state index is -0.229. The SMILES string of the molecule is Cc1n[nH]c(C)c1[C@H](C)C(=O)NC[C@H](c1cccc(Cl)c1)N1CCCC1. The van der Waals surface area contributed by atoms with Gasteiger partial charge >= 0.3 is 0 Å². The molecule has 0 radical (unpaired) electrons. The van der Waals surface area contributed by atoms with Gasteiger partial charge in [0.15, 0.2) is 0 Å². The smallest absolute Gasteiger partial charge is 0.227 e. The van der Waals surface area contributed by atoms with Crippen LogP contribution in [0.3, 0.4) is 0 Å². The Morgan fingerprint density at radius 2 is 2.08 bits per heavy atom. The molecule has 2 N–H and O–H groups in total. The summed E-state index contributed by atoms with van der Waals surface area (Å²) in [5.74, 6) is -0.198. The zero-order chi connectivity index (χ0) is 18.7. The number of likely N-dealkylation sites (tertiary alicyclic amines) is 1. The van der Waals surface area contributed by atoms with Gasteiger partial charge in [0.1, 0.15) is 0 Å². The summed E-state index contributed by atoms with van der Waals surface area (Å²) in [5.41, 5.74) is 3.98. The Hall–Kier alpha value is -1.85. The van der Waals surface area contributed by atoms with Crippen LogP contribution in [-0.4, -0.2) is 40.6 Å². The van der Waals surface area contributed by atoms with Gasteiger partial charge in [-0.3, -0.25) is 14.8 Å². The maximum atomic E-state index is 12.8. The average molecular weight is 375 g/mol. The first-order valence-electron chi connectivity index (χ1n) is 9.26. The monoisotopic (exact) mass is 374 g/mol. The highest BCUT2D eigenvalue weighted by Gasteiger charge is 2.26. The van der Waals surface area contributed by atoms with E-state index in [-0.39, 0.29) is 17.9 Å². The number of aromatic nitrogens is 2. The molecule has 1 aromatic heterocycles. The van der Waals surface area contributed by atoms with Crippen LogP contribution in [0.4, 0.5) is 0 Å². The van der Waals surface area contributed by atoms with E-state index in [1.54, 1.807) is 0 Å². The predicted molar refractivity (Wildman–Crippen MR) is 104 cm³/mol. The number of amides is 1. The van der Waals surface area contributed by atoms with Crippen LogP contribution in [0, 0.1) is 13.8 Å². The molecule has 1 amide bonds. The van der Waals surface area contributed by atoms with Crippen molar-refractivity contribution < 1.29 is 4.79 Å². The number of aryl methyl sites for hydroxylation is 2. The molecular formula is C20H27ClN4O. The molecule has 5 nitrogen and oxygen atoms in total. The number of carbonyl (C=O) groups excluding carboxylic acids is 1. The van der Waals surface area contributed by atoms with E-state index in [9.17, 15) is 4.79 Å². The van der Waals surface area contributed by atoms with Crippen LogP contribution in [0.2, 0.25) is 5.02 Å². The molecule has 3 rings (SSSR count). The van der Waals surface area contributed by atoms with E-state index in [1.807, 2.05) is 39.0 Å². The first-order valence-corrected chi connectivity index (χ1v) is 9.64. The molecule has 1 saturated heterocycles. The van der Waals surface area contributed by atoms with E-state index >= 15 is 0 Å². The van der Waals surface area contributed by atoms with Crippen LogP contribution in [0.5, 0.6) is 0 Å². The molecule has 0 unspecified atom stereocenters. The third-order valence-electron chi connectivity index (χ3n) is 5.30. The quantitative estimate of drug-likeness (QED) is 0.809. The Morgan fingerprint density at radius 3 is 2.69 bits per heavy atom. The number of carbonyl (C=O) groups is 1. The Bertz CT molecular complexity index is 747. The zero-order valence-corrected chi connectivity index (χ0v) is 16.4. The molecule has 1 fully saturated rings. The summed E-state index contributed by atoms with van der Waals surface area (Å²) in [4.78, 5) is 15.2. The number of nitrogens with one attached hydrogen (secondary N) is 2. The molecule has 1 aromatic carbocycles. The summed E-state index contributed by atoms with van der Waals surface area (Å²) in [6.07, 6.45) is 2.41. The molecule has 6 heteroatoms. The molecular weight excluding hydrogens is 348 g/mol. The van der Waals surface area contributed by atoms with Gasteiger partial charge in [0.25, 0.3) is 0 Å². The summed E-state index contributed by atoms with van der Waals surface area (Å²) >= 11 is 6.19. The van der Waals surface area contributed by atoms with Crippen LogP contribution in [0.1, 0.15) is 54.2 Å². The second kappa shape index (κ2) is 8.23. The summed E-state index contributed by atoms with van der Waals surface area (Å²) in [7, 11) is 0. The maximum Gasteiger partial charge on any atom is 0.227 e. The number of H-pyrrole nitrogens is 1. The summed E-state index contributed by atoms with van der Waals surface area (Å²) in [5, 5.41) is 11.1. The van der Waals surface area contributed by atoms with Gasteiger partial charge in [-0.2, -0.15) is 5.10 Å². The number of hydrogen-bond acceptors (Lipinski definition) is 3. The van der Waals surface area contributed by atoms with Crippen molar-refractivity contribution >= 4 is 17.5 Å². The second-order valence-electron chi connectivity index (χ2n) is 7.13. The molecule has 0 bridgehead atoms. The topological polar surface area (TPSA) is 61.0 Å². The second-order valence-corrected chi connectivity index (χ2v) is 7.56. The van der Waals surface area contributed by atoms with Crippen LogP contribution in [-0.2, 0) is 4.79 Å². The van der Waals surface area contributed by atoms with Crippen molar-refractivity contribution in [2.24, 2.45) is 0 Å². The lowest BCUT2D eigenvalue weighted by Crippen LogP contribution is -2.38. The Labute approximate surface area is 160 Å². The molecule has 0 spiro atoms. The van der Waals surface area contributed by atoms with E-state index in [4.69, 9.17) is 11.6 Å². The van der Waals surface area contributed by atoms with Crippen LogP contribution < -0.4 is 5.32 Å². The molecule has 1 aliphatic heterocycles. The Morgan fingerprint density at radius 1 is 1.35 bits per heavy atom. The lowest BCUT2D eigenvalue weighted by atomic mass is 9.98. The predicted octanol–water partition coefficient (Wildman–Crippen LogP) is 3.74. The van der Waals surface area contributed by atoms with Crippen molar-refractivity contribution in [3.05, 3.63) is 51.8 Å². The average Bonchev–Trinajstić information content (AvgIpc) is 3.25. The fourth-order valence-electron chi connectivity index (χ4n) is 3.90. The van der Waals surface area contributed by atoms with Gasteiger partial charge in [-0.05, 0) is 64.4 Å². The minimum absolute atomic E-state index is 0.0313. The summed E-state index contributed by atoms with van der Waals surface area (Å²) in [6, 6.07) is 8.11. The van der Waals surface area contributed by atoms with E-state index in [0.717, 1.165) is 40.6 Å². The van der Waals surface area contributed by atoms with Gasteiger partial charge < -0.3 is 5.32 Å². The van der Waals surface area contributed by atoms with Gasteiger partial charge in [0.2, 0.25) is 5.91 Å². The lowest BCUT2D eigenvalue weighted by Gasteiger charge is -2.29. The number of hydrogen-bond donors (Lipinski definition) is 2. The van der Waals surface area contributed by atoms with Gasteiger partial charge in [0, 0.05) is 22.8 Å². The third kappa shape index (κ3) is 4.10. The van der Waals surface area contributed by atoms with Crippen LogP contribution >= 0.6 is 11.6 Å².